The Labute approximate surface area is 98.9 Å². The van der Waals surface area contributed by atoms with Crippen molar-refractivity contribution in [1.82, 2.24) is 10.3 Å². The molecule has 1 aromatic rings. The lowest BCUT2D eigenvalue weighted by molar-refractivity contribution is -0.123. The van der Waals surface area contributed by atoms with Gasteiger partial charge in [0, 0.05) is 30.1 Å². The van der Waals surface area contributed by atoms with E-state index in [1.54, 1.807) is 11.3 Å². The molecule has 0 saturated heterocycles. The summed E-state index contributed by atoms with van der Waals surface area (Å²) in [5, 5.41) is 5.91. The van der Waals surface area contributed by atoms with E-state index in [4.69, 9.17) is 11.6 Å². The van der Waals surface area contributed by atoms with Gasteiger partial charge in [-0.3, -0.25) is 4.79 Å². The van der Waals surface area contributed by atoms with Crippen LogP contribution in [-0.4, -0.2) is 23.3 Å². The minimum Gasteiger partial charge on any atom is -0.355 e. The van der Waals surface area contributed by atoms with Crippen molar-refractivity contribution in [2.45, 2.75) is 20.3 Å². The maximum Gasteiger partial charge on any atom is 0.224 e. The van der Waals surface area contributed by atoms with Gasteiger partial charge in [-0.05, 0) is 6.92 Å². The van der Waals surface area contributed by atoms with Crippen LogP contribution in [0.5, 0.6) is 0 Å². The van der Waals surface area contributed by atoms with Gasteiger partial charge in [0.15, 0.2) is 0 Å². The van der Waals surface area contributed by atoms with Crippen molar-refractivity contribution < 1.29 is 4.79 Å². The third-order valence-corrected chi connectivity index (χ3v) is 3.31. The van der Waals surface area contributed by atoms with E-state index in [9.17, 15) is 4.79 Å². The maximum absolute atomic E-state index is 11.4. The molecule has 0 fully saturated rings. The lowest BCUT2D eigenvalue weighted by Gasteiger charge is -2.07. The van der Waals surface area contributed by atoms with Crippen LogP contribution < -0.4 is 5.32 Å². The second kappa shape index (κ2) is 6.08. The summed E-state index contributed by atoms with van der Waals surface area (Å²) in [6.07, 6.45) is 0.783. The number of nitrogens with one attached hydrogen (secondary N) is 1. The van der Waals surface area contributed by atoms with Crippen LogP contribution in [-0.2, 0) is 11.2 Å². The highest BCUT2D eigenvalue weighted by molar-refractivity contribution is 7.09. The summed E-state index contributed by atoms with van der Waals surface area (Å²) >= 11 is 7.20. The lowest BCUT2D eigenvalue weighted by Crippen LogP contribution is -2.31. The Bertz CT molecular complexity index is 327. The third-order valence-electron chi connectivity index (χ3n) is 2.03. The van der Waals surface area contributed by atoms with Crippen LogP contribution in [0.3, 0.4) is 0 Å². The Morgan fingerprint density at radius 2 is 2.47 bits per heavy atom. The van der Waals surface area contributed by atoms with E-state index in [2.05, 4.69) is 10.3 Å². The van der Waals surface area contributed by atoms with Crippen molar-refractivity contribution in [3.8, 4) is 0 Å². The van der Waals surface area contributed by atoms with E-state index >= 15 is 0 Å². The molecular weight excluding hydrogens is 232 g/mol. The van der Waals surface area contributed by atoms with E-state index in [0.29, 0.717) is 12.4 Å². The van der Waals surface area contributed by atoms with Crippen LogP contribution in [0.15, 0.2) is 5.38 Å². The number of aryl methyl sites for hydroxylation is 1. The van der Waals surface area contributed by atoms with E-state index in [-0.39, 0.29) is 11.8 Å². The highest BCUT2D eigenvalue weighted by atomic mass is 35.5. The molecule has 0 aliphatic rings. The minimum atomic E-state index is -0.121. The first-order valence-corrected chi connectivity index (χ1v) is 6.29. The molecule has 1 N–H and O–H groups in total. The van der Waals surface area contributed by atoms with Crippen LogP contribution in [0.25, 0.3) is 0 Å². The molecule has 84 valence electrons. The smallest absolute Gasteiger partial charge is 0.224 e. The largest absolute Gasteiger partial charge is 0.355 e. The van der Waals surface area contributed by atoms with Gasteiger partial charge >= 0.3 is 0 Å². The normalized spacial score (nSPS) is 12.5. The number of hydrogen-bond acceptors (Lipinski definition) is 3. The van der Waals surface area contributed by atoms with Crippen molar-refractivity contribution in [2.75, 3.05) is 12.4 Å². The molecule has 1 rings (SSSR count). The van der Waals surface area contributed by atoms with Crippen molar-refractivity contribution in [2.24, 2.45) is 5.92 Å². The number of halogens is 1. The summed E-state index contributed by atoms with van der Waals surface area (Å²) in [5.74, 6) is 0.252. The first-order chi connectivity index (χ1) is 7.13. The van der Waals surface area contributed by atoms with Crippen LogP contribution in [0.1, 0.15) is 17.6 Å². The first-order valence-electron chi connectivity index (χ1n) is 4.88. The number of thiazole rings is 1. The second-order valence-corrected chi connectivity index (χ2v) is 4.83. The Kier molecular flexibility index (Phi) is 5.05. The zero-order chi connectivity index (χ0) is 11.3. The summed E-state index contributed by atoms with van der Waals surface area (Å²) in [5.41, 5.74) is 1.04. The van der Waals surface area contributed by atoms with Gasteiger partial charge in [0.05, 0.1) is 10.7 Å². The van der Waals surface area contributed by atoms with Gasteiger partial charge in [-0.2, -0.15) is 0 Å². The second-order valence-electron chi connectivity index (χ2n) is 3.45. The van der Waals surface area contributed by atoms with Gasteiger partial charge in [0.25, 0.3) is 0 Å². The molecule has 1 unspecified atom stereocenters. The summed E-state index contributed by atoms with van der Waals surface area (Å²) in [4.78, 5) is 15.7. The number of carbonyl (C=O) groups excluding carboxylic acids is 1. The van der Waals surface area contributed by atoms with E-state index in [1.807, 2.05) is 19.2 Å². The number of aromatic nitrogens is 1. The van der Waals surface area contributed by atoms with E-state index in [0.717, 1.165) is 17.1 Å². The van der Waals surface area contributed by atoms with Gasteiger partial charge in [-0.25, -0.2) is 4.98 Å². The average molecular weight is 247 g/mol. The topological polar surface area (TPSA) is 42.0 Å². The molecule has 1 heterocycles. The van der Waals surface area contributed by atoms with Crippen LogP contribution in [0, 0.1) is 12.8 Å². The molecule has 0 bridgehead atoms. The standard InChI is InChI=1S/C10H15ClN2OS/c1-7(5-11)10(14)12-4-3-9-6-15-8(2)13-9/h6-7H,3-5H2,1-2H3,(H,12,14). The predicted molar refractivity (Wildman–Crippen MR) is 63.4 cm³/mol. The molecule has 0 aliphatic carbocycles. The van der Waals surface area contributed by atoms with Crippen LogP contribution in [0.4, 0.5) is 0 Å². The zero-order valence-electron chi connectivity index (χ0n) is 8.92. The fourth-order valence-electron chi connectivity index (χ4n) is 1.08. The Hall–Kier alpha value is -0.610. The summed E-state index contributed by atoms with van der Waals surface area (Å²) in [7, 11) is 0. The van der Waals surface area contributed by atoms with E-state index in [1.165, 1.54) is 0 Å². The molecule has 1 aromatic heterocycles. The van der Waals surface area contributed by atoms with Gasteiger partial charge in [-0.1, -0.05) is 6.92 Å². The molecule has 0 aliphatic heterocycles. The SMILES string of the molecule is Cc1nc(CCNC(=O)C(C)CCl)cs1. The maximum atomic E-state index is 11.4. The Morgan fingerprint density at radius 1 is 1.73 bits per heavy atom. The summed E-state index contributed by atoms with van der Waals surface area (Å²) in [6, 6.07) is 0. The molecule has 0 saturated carbocycles. The predicted octanol–water partition coefficient (Wildman–Crippen LogP) is 1.99. The number of amides is 1. The average Bonchev–Trinajstić information content (AvgIpc) is 2.63. The highest BCUT2D eigenvalue weighted by Crippen LogP contribution is 2.07. The molecule has 0 spiro atoms. The zero-order valence-corrected chi connectivity index (χ0v) is 10.5. The van der Waals surface area contributed by atoms with Crippen molar-refractivity contribution in [1.29, 1.82) is 0 Å². The quantitative estimate of drug-likeness (QED) is 0.808. The van der Waals surface area contributed by atoms with E-state index < -0.39 is 0 Å². The first kappa shape index (κ1) is 12.5. The number of hydrogen-bond donors (Lipinski definition) is 1. The molecule has 5 heteroatoms. The molecule has 15 heavy (non-hydrogen) atoms. The van der Waals surface area contributed by atoms with Crippen molar-refractivity contribution >= 4 is 28.8 Å². The lowest BCUT2D eigenvalue weighted by atomic mass is 10.2. The fraction of sp³-hybridized carbons (Fsp3) is 0.600. The van der Waals surface area contributed by atoms with Crippen LogP contribution in [0.2, 0.25) is 0 Å². The summed E-state index contributed by atoms with van der Waals surface area (Å²) in [6.45, 7) is 4.42. The number of nitrogens with zero attached hydrogens (tertiary/aromatic N) is 1. The molecule has 0 aromatic carbocycles. The van der Waals surface area contributed by atoms with Gasteiger partial charge < -0.3 is 5.32 Å². The monoisotopic (exact) mass is 246 g/mol. The number of carbonyl (C=O) groups is 1. The molecule has 3 nitrogen and oxygen atoms in total. The Morgan fingerprint density at radius 3 is 3.00 bits per heavy atom. The number of alkyl halides is 1. The molecule has 0 radical (unpaired) electrons. The fourth-order valence-corrected chi connectivity index (χ4v) is 1.87. The third kappa shape index (κ3) is 4.18. The van der Waals surface area contributed by atoms with Crippen molar-refractivity contribution in [3.05, 3.63) is 16.1 Å². The molecule has 1 atom stereocenters. The minimum absolute atomic E-state index is 0.0111. The molecular formula is C10H15ClN2OS. The highest BCUT2D eigenvalue weighted by Gasteiger charge is 2.10. The van der Waals surface area contributed by atoms with Crippen molar-refractivity contribution in [3.63, 3.8) is 0 Å². The molecule has 1 amide bonds. The van der Waals surface area contributed by atoms with Crippen LogP contribution >= 0.6 is 22.9 Å². The van der Waals surface area contributed by atoms with Gasteiger partial charge in [0.2, 0.25) is 5.91 Å². The van der Waals surface area contributed by atoms with Gasteiger partial charge in [0.1, 0.15) is 0 Å². The summed E-state index contributed by atoms with van der Waals surface area (Å²) < 4.78 is 0. The van der Waals surface area contributed by atoms with Gasteiger partial charge in [-0.15, -0.1) is 22.9 Å². The Balaban J connectivity index is 2.24. The number of rotatable bonds is 5.